The standard InChI is InChI=1S/C13H18N2O4/c1-2-18-11(8-3-4-8)12-14-13(19-15-12)9-7-17-6-5-10(9)16/h8-9,11H,2-7H2,1H3. The van der Waals surface area contributed by atoms with Crippen molar-refractivity contribution in [3.63, 3.8) is 0 Å². The largest absolute Gasteiger partial charge is 0.380 e. The average Bonchev–Trinajstić information content (AvgIpc) is 3.14. The molecule has 2 fully saturated rings. The third kappa shape index (κ3) is 2.69. The van der Waals surface area contributed by atoms with Crippen molar-refractivity contribution in [3.8, 4) is 0 Å². The van der Waals surface area contributed by atoms with Crippen LogP contribution < -0.4 is 0 Å². The minimum Gasteiger partial charge on any atom is -0.380 e. The SMILES string of the molecule is CCOC(c1noc(C2COCCC2=O)n1)C1CC1. The molecule has 1 saturated heterocycles. The highest BCUT2D eigenvalue weighted by Gasteiger charge is 2.37. The molecule has 104 valence electrons. The van der Waals surface area contributed by atoms with Gasteiger partial charge in [-0.25, -0.2) is 0 Å². The topological polar surface area (TPSA) is 74.5 Å². The maximum atomic E-state index is 11.8. The van der Waals surface area contributed by atoms with Crippen LogP contribution in [0.4, 0.5) is 0 Å². The van der Waals surface area contributed by atoms with Crippen LogP contribution in [0.15, 0.2) is 4.52 Å². The molecule has 0 amide bonds. The van der Waals surface area contributed by atoms with Gasteiger partial charge in [-0.15, -0.1) is 0 Å². The summed E-state index contributed by atoms with van der Waals surface area (Å²) in [4.78, 5) is 16.2. The molecule has 0 aromatic carbocycles. The summed E-state index contributed by atoms with van der Waals surface area (Å²) in [6.07, 6.45) is 2.60. The maximum Gasteiger partial charge on any atom is 0.239 e. The smallest absolute Gasteiger partial charge is 0.239 e. The third-order valence-electron chi connectivity index (χ3n) is 3.57. The fourth-order valence-electron chi connectivity index (χ4n) is 2.35. The van der Waals surface area contributed by atoms with Gasteiger partial charge in [-0.3, -0.25) is 4.79 Å². The van der Waals surface area contributed by atoms with Gasteiger partial charge in [0.25, 0.3) is 0 Å². The average molecular weight is 266 g/mol. The first kappa shape index (κ1) is 12.7. The Kier molecular flexibility index (Phi) is 3.61. The molecular weight excluding hydrogens is 248 g/mol. The molecule has 0 spiro atoms. The van der Waals surface area contributed by atoms with E-state index in [1.165, 1.54) is 0 Å². The highest BCUT2D eigenvalue weighted by Crippen LogP contribution is 2.42. The third-order valence-corrected chi connectivity index (χ3v) is 3.57. The van der Waals surface area contributed by atoms with Crippen LogP contribution in [-0.4, -0.2) is 35.7 Å². The van der Waals surface area contributed by atoms with Crippen LogP contribution in [0.2, 0.25) is 0 Å². The number of ether oxygens (including phenoxy) is 2. The maximum absolute atomic E-state index is 11.8. The lowest BCUT2D eigenvalue weighted by molar-refractivity contribution is -0.127. The molecule has 6 heteroatoms. The molecule has 19 heavy (non-hydrogen) atoms. The van der Waals surface area contributed by atoms with E-state index < -0.39 is 5.92 Å². The summed E-state index contributed by atoms with van der Waals surface area (Å²) in [7, 11) is 0. The van der Waals surface area contributed by atoms with Crippen LogP contribution in [0.3, 0.4) is 0 Å². The van der Waals surface area contributed by atoms with Crippen LogP contribution in [-0.2, 0) is 14.3 Å². The Bertz CT molecular complexity index is 455. The monoisotopic (exact) mass is 266 g/mol. The second-order valence-electron chi connectivity index (χ2n) is 5.05. The zero-order chi connectivity index (χ0) is 13.2. The number of nitrogens with zero attached hydrogens (tertiary/aromatic N) is 2. The molecule has 2 unspecified atom stereocenters. The summed E-state index contributed by atoms with van der Waals surface area (Å²) in [5.41, 5.74) is 0. The summed E-state index contributed by atoms with van der Waals surface area (Å²) in [6.45, 7) is 3.40. The molecule has 0 bridgehead atoms. The van der Waals surface area contributed by atoms with Crippen molar-refractivity contribution in [3.05, 3.63) is 11.7 Å². The second kappa shape index (κ2) is 5.38. The van der Waals surface area contributed by atoms with Crippen molar-refractivity contribution in [2.45, 2.75) is 38.2 Å². The van der Waals surface area contributed by atoms with Gasteiger partial charge < -0.3 is 14.0 Å². The molecule has 1 aromatic heterocycles. The van der Waals surface area contributed by atoms with Crippen LogP contribution in [0.5, 0.6) is 0 Å². The highest BCUT2D eigenvalue weighted by molar-refractivity contribution is 5.85. The van der Waals surface area contributed by atoms with E-state index >= 15 is 0 Å². The Hall–Kier alpha value is -1.27. The molecule has 1 aromatic rings. The van der Waals surface area contributed by atoms with E-state index in [1.54, 1.807) is 0 Å². The van der Waals surface area contributed by atoms with Crippen LogP contribution in [0, 0.1) is 5.92 Å². The number of carbonyl (C=O) groups is 1. The van der Waals surface area contributed by atoms with E-state index in [9.17, 15) is 4.79 Å². The van der Waals surface area contributed by atoms with Gasteiger partial charge in [-0.05, 0) is 25.7 Å². The van der Waals surface area contributed by atoms with E-state index in [4.69, 9.17) is 14.0 Å². The lowest BCUT2D eigenvalue weighted by Gasteiger charge is -2.17. The van der Waals surface area contributed by atoms with Gasteiger partial charge in [-0.1, -0.05) is 5.16 Å². The Morgan fingerprint density at radius 1 is 1.47 bits per heavy atom. The number of Topliss-reactive ketones (excluding diaryl/α,β-unsaturated/α-hetero) is 1. The zero-order valence-corrected chi connectivity index (χ0v) is 11.0. The molecule has 1 aliphatic carbocycles. The first-order chi connectivity index (χ1) is 9.29. The lowest BCUT2D eigenvalue weighted by atomic mass is 10.0. The molecule has 1 saturated carbocycles. The summed E-state index contributed by atoms with van der Waals surface area (Å²) < 4.78 is 16.2. The summed E-state index contributed by atoms with van der Waals surface area (Å²) >= 11 is 0. The Labute approximate surface area is 111 Å². The lowest BCUT2D eigenvalue weighted by Crippen LogP contribution is -2.26. The zero-order valence-electron chi connectivity index (χ0n) is 11.0. The van der Waals surface area contributed by atoms with Crippen LogP contribution in [0.1, 0.15) is 49.9 Å². The van der Waals surface area contributed by atoms with Gasteiger partial charge in [0.05, 0.1) is 13.2 Å². The van der Waals surface area contributed by atoms with Crippen LogP contribution >= 0.6 is 0 Å². The van der Waals surface area contributed by atoms with Gasteiger partial charge in [0.15, 0.2) is 0 Å². The predicted molar refractivity (Wildman–Crippen MR) is 64.6 cm³/mol. The molecule has 2 atom stereocenters. The van der Waals surface area contributed by atoms with Crippen molar-refractivity contribution in [2.24, 2.45) is 5.92 Å². The van der Waals surface area contributed by atoms with E-state index in [2.05, 4.69) is 10.1 Å². The quantitative estimate of drug-likeness (QED) is 0.806. The van der Waals surface area contributed by atoms with Crippen LogP contribution in [0.25, 0.3) is 0 Å². The summed E-state index contributed by atoms with van der Waals surface area (Å²) in [5.74, 6) is 1.13. The molecule has 6 nitrogen and oxygen atoms in total. The molecule has 3 rings (SSSR count). The number of rotatable bonds is 5. The number of aromatic nitrogens is 2. The number of carbonyl (C=O) groups excluding carboxylic acids is 1. The van der Waals surface area contributed by atoms with Gasteiger partial charge in [0.2, 0.25) is 11.7 Å². The van der Waals surface area contributed by atoms with E-state index in [1.807, 2.05) is 6.92 Å². The predicted octanol–water partition coefficient (Wildman–Crippen LogP) is 1.63. The number of hydrogen-bond donors (Lipinski definition) is 0. The van der Waals surface area contributed by atoms with Crippen molar-refractivity contribution >= 4 is 5.78 Å². The van der Waals surface area contributed by atoms with Gasteiger partial charge in [0.1, 0.15) is 17.8 Å². The minimum absolute atomic E-state index is 0.0953. The van der Waals surface area contributed by atoms with E-state index in [0.29, 0.717) is 43.9 Å². The first-order valence-corrected chi connectivity index (χ1v) is 6.85. The summed E-state index contributed by atoms with van der Waals surface area (Å²) in [6, 6.07) is 0. The number of hydrogen-bond acceptors (Lipinski definition) is 6. The Morgan fingerprint density at radius 2 is 2.32 bits per heavy atom. The van der Waals surface area contributed by atoms with Crippen molar-refractivity contribution in [2.75, 3.05) is 19.8 Å². The van der Waals surface area contributed by atoms with Crippen molar-refractivity contribution in [1.82, 2.24) is 10.1 Å². The van der Waals surface area contributed by atoms with Crippen molar-refractivity contribution < 1.29 is 18.8 Å². The Balaban J connectivity index is 1.75. The van der Waals surface area contributed by atoms with E-state index in [-0.39, 0.29) is 11.9 Å². The fourth-order valence-corrected chi connectivity index (χ4v) is 2.35. The molecule has 0 N–H and O–H groups in total. The molecule has 2 heterocycles. The number of ketones is 1. The molecular formula is C13H18N2O4. The van der Waals surface area contributed by atoms with Gasteiger partial charge >= 0.3 is 0 Å². The Morgan fingerprint density at radius 3 is 3.00 bits per heavy atom. The minimum atomic E-state index is -0.406. The summed E-state index contributed by atoms with van der Waals surface area (Å²) in [5, 5.41) is 3.99. The second-order valence-corrected chi connectivity index (χ2v) is 5.05. The first-order valence-electron chi connectivity index (χ1n) is 6.85. The van der Waals surface area contributed by atoms with E-state index in [0.717, 1.165) is 12.8 Å². The molecule has 2 aliphatic rings. The van der Waals surface area contributed by atoms with Gasteiger partial charge in [0, 0.05) is 13.0 Å². The fraction of sp³-hybridized carbons (Fsp3) is 0.769. The molecule has 1 aliphatic heterocycles. The normalized spacial score (nSPS) is 25.5. The highest BCUT2D eigenvalue weighted by atomic mass is 16.5. The van der Waals surface area contributed by atoms with Crippen molar-refractivity contribution in [1.29, 1.82) is 0 Å². The molecule has 0 radical (unpaired) electrons. The van der Waals surface area contributed by atoms with Gasteiger partial charge in [-0.2, -0.15) is 4.98 Å².